The van der Waals surface area contributed by atoms with E-state index in [0.717, 1.165) is 12.5 Å². The largest absolute Gasteiger partial charge is 0.377 e. The van der Waals surface area contributed by atoms with Crippen LogP contribution in [0.15, 0.2) is 35.3 Å². The molecule has 1 aromatic rings. The quantitative estimate of drug-likeness (QED) is 0.392. The molecule has 0 aliphatic rings. The summed E-state index contributed by atoms with van der Waals surface area (Å²) in [6, 6.07) is 10.6. The molecule has 0 saturated heterocycles. The van der Waals surface area contributed by atoms with Gasteiger partial charge in [0, 0.05) is 33.2 Å². The van der Waals surface area contributed by atoms with Gasteiger partial charge in [-0.25, -0.2) is 0 Å². The summed E-state index contributed by atoms with van der Waals surface area (Å²) in [4.78, 5) is 4.29. The summed E-state index contributed by atoms with van der Waals surface area (Å²) >= 11 is 0. The number of guanidine groups is 1. The first-order valence-electron chi connectivity index (χ1n) is 7.94. The van der Waals surface area contributed by atoms with Gasteiger partial charge in [-0.2, -0.15) is 0 Å². The van der Waals surface area contributed by atoms with Crippen molar-refractivity contribution >= 4 is 29.9 Å². The summed E-state index contributed by atoms with van der Waals surface area (Å²) in [6.45, 7) is 10.2. The molecule has 1 rings (SSSR count). The van der Waals surface area contributed by atoms with Crippen molar-refractivity contribution in [3.8, 4) is 0 Å². The lowest BCUT2D eigenvalue weighted by Gasteiger charge is -2.26. The summed E-state index contributed by atoms with van der Waals surface area (Å²) in [5, 5.41) is 6.75. The summed E-state index contributed by atoms with van der Waals surface area (Å²) in [5.41, 5.74) is 1.15. The Morgan fingerprint density at radius 3 is 2.26 bits per heavy atom. The third-order valence-electron chi connectivity index (χ3n) is 3.98. The summed E-state index contributed by atoms with van der Waals surface area (Å²) in [6.07, 6.45) is 0. The van der Waals surface area contributed by atoms with Crippen molar-refractivity contribution in [1.82, 2.24) is 10.6 Å². The van der Waals surface area contributed by atoms with Crippen LogP contribution < -0.4 is 10.6 Å². The second-order valence-corrected chi connectivity index (χ2v) is 6.53. The Kier molecular flexibility index (Phi) is 10.5. The Balaban J connectivity index is 0.00000484. The van der Waals surface area contributed by atoms with Gasteiger partial charge in [0.2, 0.25) is 0 Å². The van der Waals surface area contributed by atoms with Crippen molar-refractivity contribution in [1.29, 1.82) is 0 Å². The molecular weight excluding hydrogens is 401 g/mol. The van der Waals surface area contributed by atoms with Gasteiger partial charge in [-0.15, -0.1) is 24.0 Å². The fraction of sp³-hybridized carbons (Fsp3) is 0.611. The minimum Gasteiger partial charge on any atom is -0.377 e. The number of methoxy groups -OCH3 is 1. The molecule has 0 heterocycles. The fourth-order valence-electron chi connectivity index (χ4n) is 2.23. The highest BCUT2D eigenvalue weighted by Crippen LogP contribution is 2.23. The molecule has 132 valence electrons. The molecule has 0 aliphatic heterocycles. The smallest absolute Gasteiger partial charge is 0.191 e. The Morgan fingerprint density at radius 1 is 1.17 bits per heavy atom. The highest BCUT2D eigenvalue weighted by Gasteiger charge is 2.18. The van der Waals surface area contributed by atoms with Crippen molar-refractivity contribution in [3.05, 3.63) is 35.9 Å². The Morgan fingerprint density at radius 2 is 1.78 bits per heavy atom. The van der Waals surface area contributed by atoms with E-state index in [4.69, 9.17) is 4.74 Å². The summed E-state index contributed by atoms with van der Waals surface area (Å²) in [7, 11) is 3.52. The third kappa shape index (κ3) is 8.01. The number of halogens is 1. The number of hydrogen-bond donors (Lipinski definition) is 2. The number of aliphatic imine (C=N–C) groups is 1. The van der Waals surface area contributed by atoms with E-state index in [0.29, 0.717) is 18.4 Å². The van der Waals surface area contributed by atoms with E-state index in [2.05, 4.69) is 59.8 Å². The highest BCUT2D eigenvalue weighted by molar-refractivity contribution is 14.0. The average molecular weight is 433 g/mol. The van der Waals surface area contributed by atoms with Crippen LogP contribution in [0.4, 0.5) is 0 Å². The number of nitrogens with one attached hydrogen (secondary N) is 2. The first-order chi connectivity index (χ1) is 10.4. The molecule has 0 aliphatic carbocycles. The van der Waals surface area contributed by atoms with Crippen LogP contribution in [0.3, 0.4) is 0 Å². The molecule has 1 unspecified atom stereocenters. The number of hydrogen-bond acceptors (Lipinski definition) is 2. The van der Waals surface area contributed by atoms with E-state index >= 15 is 0 Å². The molecule has 23 heavy (non-hydrogen) atoms. The lowest BCUT2D eigenvalue weighted by Crippen LogP contribution is -2.46. The zero-order chi connectivity index (χ0) is 16.6. The molecule has 4 nitrogen and oxygen atoms in total. The zero-order valence-electron chi connectivity index (χ0n) is 15.2. The van der Waals surface area contributed by atoms with Crippen molar-refractivity contribution in [2.45, 2.75) is 39.2 Å². The zero-order valence-corrected chi connectivity index (χ0v) is 17.5. The molecule has 2 N–H and O–H groups in total. The van der Waals surface area contributed by atoms with E-state index in [9.17, 15) is 0 Å². The van der Waals surface area contributed by atoms with E-state index in [-0.39, 0.29) is 29.6 Å². The number of benzene rings is 1. The molecule has 0 amide bonds. The number of nitrogens with zero attached hydrogens (tertiary/aromatic N) is 1. The molecular formula is C18H32IN3O. The highest BCUT2D eigenvalue weighted by atomic mass is 127. The monoisotopic (exact) mass is 433 g/mol. The second kappa shape index (κ2) is 10.9. The first kappa shape index (κ1) is 22.2. The summed E-state index contributed by atoms with van der Waals surface area (Å²) in [5.74, 6) is 1.82. The molecule has 0 radical (unpaired) electrons. The maximum absolute atomic E-state index is 5.42. The molecule has 5 heteroatoms. The maximum Gasteiger partial charge on any atom is 0.191 e. The second-order valence-electron chi connectivity index (χ2n) is 6.53. The fourth-order valence-corrected chi connectivity index (χ4v) is 2.23. The molecule has 0 aromatic heterocycles. The standard InChI is InChI=1S/C18H31N3O.HI/c1-14(2)16(15-10-8-7-9-11-15)12-20-17(19-5)21-13-18(3,4)22-6;/h7-11,14,16H,12-13H2,1-6H3,(H2,19,20,21);1H. The molecule has 0 bridgehead atoms. The van der Waals surface area contributed by atoms with Gasteiger partial charge in [0.25, 0.3) is 0 Å². The van der Waals surface area contributed by atoms with E-state index < -0.39 is 0 Å². The maximum atomic E-state index is 5.42. The molecule has 0 fully saturated rings. The van der Waals surface area contributed by atoms with Gasteiger partial charge >= 0.3 is 0 Å². The Hall–Kier alpha value is -0.820. The van der Waals surface area contributed by atoms with Gasteiger partial charge in [0.15, 0.2) is 5.96 Å². The molecule has 1 atom stereocenters. The van der Waals surface area contributed by atoms with Crippen molar-refractivity contribution in [2.24, 2.45) is 10.9 Å². The molecule has 0 spiro atoms. The van der Waals surface area contributed by atoms with Gasteiger partial charge in [-0.1, -0.05) is 44.2 Å². The minimum atomic E-state index is -0.214. The minimum absolute atomic E-state index is 0. The van der Waals surface area contributed by atoms with Crippen LogP contribution in [-0.4, -0.2) is 38.8 Å². The van der Waals surface area contributed by atoms with Gasteiger partial charge in [-0.05, 0) is 25.3 Å². The van der Waals surface area contributed by atoms with Crippen LogP contribution in [0.5, 0.6) is 0 Å². The predicted octanol–water partition coefficient (Wildman–Crippen LogP) is 3.63. The van der Waals surface area contributed by atoms with E-state index in [1.165, 1.54) is 5.56 Å². The Labute approximate surface area is 158 Å². The third-order valence-corrected chi connectivity index (χ3v) is 3.98. The molecule has 0 saturated carbocycles. The van der Waals surface area contributed by atoms with Crippen molar-refractivity contribution in [2.75, 3.05) is 27.2 Å². The summed E-state index contributed by atoms with van der Waals surface area (Å²) < 4.78 is 5.42. The van der Waals surface area contributed by atoms with Gasteiger partial charge < -0.3 is 15.4 Å². The van der Waals surface area contributed by atoms with Crippen LogP contribution in [0.1, 0.15) is 39.2 Å². The predicted molar refractivity (Wildman–Crippen MR) is 110 cm³/mol. The van der Waals surface area contributed by atoms with E-state index in [1.807, 2.05) is 13.8 Å². The van der Waals surface area contributed by atoms with Gasteiger partial charge in [0.1, 0.15) is 0 Å². The Bertz CT molecular complexity index is 461. The topological polar surface area (TPSA) is 45.7 Å². The van der Waals surface area contributed by atoms with Crippen LogP contribution >= 0.6 is 24.0 Å². The number of rotatable bonds is 7. The van der Waals surface area contributed by atoms with Crippen LogP contribution in [-0.2, 0) is 4.74 Å². The van der Waals surface area contributed by atoms with Gasteiger partial charge in [-0.3, -0.25) is 4.99 Å². The number of ether oxygens (including phenoxy) is 1. The van der Waals surface area contributed by atoms with Crippen LogP contribution in [0, 0.1) is 5.92 Å². The van der Waals surface area contributed by atoms with Crippen molar-refractivity contribution < 1.29 is 4.74 Å². The lowest BCUT2D eigenvalue weighted by molar-refractivity contribution is 0.0268. The van der Waals surface area contributed by atoms with Crippen molar-refractivity contribution in [3.63, 3.8) is 0 Å². The normalized spacial score (nSPS) is 13.4. The lowest BCUT2D eigenvalue weighted by atomic mass is 9.88. The van der Waals surface area contributed by atoms with Crippen LogP contribution in [0.25, 0.3) is 0 Å². The molecule has 1 aromatic carbocycles. The van der Waals surface area contributed by atoms with Crippen LogP contribution in [0.2, 0.25) is 0 Å². The SMILES string of the molecule is CN=C(NCC(c1ccccc1)C(C)C)NCC(C)(C)OC.I. The first-order valence-corrected chi connectivity index (χ1v) is 7.94. The average Bonchev–Trinajstić information content (AvgIpc) is 2.51. The van der Waals surface area contributed by atoms with Gasteiger partial charge in [0.05, 0.1) is 5.60 Å². The van der Waals surface area contributed by atoms with E-state index in [1.54, 1.807) is 14.2 Å².